The van der Waals surface area contributed by atoms with Crippen LogP contribution in [0, 0.1) is 0 Å². The molecule has 0 heterocycles. The Morgan fingerprint density at radius 2 is 1.76 bits per heavy atom. The van der Waals surface area contributed by atoms with Gasteiger partial charge in [-0.05, 0) is 36.8 Å². The normalized spacial score (nSPS) is 10.1. The van der Waals surface area contributed by atoms with Crippen LogP contribution < -0.4 is 10.6 Å². The molecule has 6 nitrogen and oxygen atoms in total. The highest BCUT2D eigenvalue weighted by Crippen LogP contribution is 2.17. The Labute approximate surface area is 149 Å². The molecule has 0 saturated heterocycles. The van der Waals surface area contributed by atoms with Gasteiger partial charge in [0.25, 0.3) is 11.8 Å². The van der Waals surface area contributed by atoms with Crippen molar-refractivity contribution in [2.75, 3.05) is 11.9 Å². The van der Waals surface area contributed by atoms with Gasteiger partial charge in [-0.15, -0.1) is 0 Å². The summed E-state index contributed by atoms with van der Waals surface area (Å²) in [5.74, 6) is -1.68. The van der Waals surface area contributed by atoms with Crippen molar-refractivity contribution in [3.8, 4) is 0 Å². The molecule has 7 heteroatoms. The van der Waals surface area contributed by atoms with Crippen LogP contribution >= 0.6 is 11.6 Å². The van der Waals surface area contributed by atoms with Crippen LogP contribution in [-0.4, -0.2) is 29.4 Å². The lowest BCUT2D eigenvalue weighted by atomic mass is 10.1. The van der Waals surface area contributed by atoms with E-state index in [2.05, 4.69) is 10.6 Å². The van der Waals surface area contributed by atoms with Gasteiger partial charge < -0.3 is 15.7 Å². The first kappa shape index (κ1) is 18.5. The third-order valence-electron chi connectivity index (χ3n) is 3.36. The molecule has 0 aromatic heterocycles. The number of para-hydroxylation sites is 1. The zero-order valence-corrected chi connectivity index (χ0v) is 14.0. The van der Waals surface area contributed by atoms with Gasteiger partial charge in [0, 0.05) is 23.6 Å². The van der Waals surface area contributed by atoms with Crippen molar-refractivity contribution >= 4 is 35.1 Å². The standard InChI is InChI=1S/C18H17ClN2O4/c19-13-6-3-5-12(11-13)17(24)21-15-8-2-1-7-14(15)18(25)20-10-4-9-16(22)23/h1-3,5-8,11H,4,9-10H2,(H,20,25)(H,21,24)(H,22,23). The maximum absolute atomic E-state index is 12.3. The second-order valence-corrected chi connectivity index (χ2v) is 5.70. The zero-order chi connectivity index (χ0) is 18.2. The minimum atomic E-state index is -0.913. The first-order valence-corrected chi connectivity index (χ1v) is 8.01. The van der Waals surface area contributed by atoms with Crippen molar-refractivity contribution in [2.45, 2.75) is 12.8 Å². The highest BCUT2D eigenvalue weighted by atomic mass is 35.5. The number of carboxylic acids is 1. The molecule has 0 aliphatic heterocycles. The van der Waals surface area contributed by atoms with E-state index < -0.39 is 5.97 Å². The van der Waals surface area contributed by atoms with Crippen LogP contribution in [0.3, 0.4) is 0 Å². The molecule has 0 unspecified atom stereocenters. The maximum atomic E-state index is 12.3. The number of benzene rings is 2. The highest BCUT2D eigenvalue weighted by molar-refractivity contribution is 6.31. The number of halogens is 1. The van der Waals surface area contributed by atoms with Gasteiger partial charge in [-0.25, -0.2) is 0 Å². The molecule has 2 amide bonds. The van der Waals surface area contributed by atoms with E-state index in [-0.39, 0.29) is 24.8 Å². The molecular weight excluding hydrogens is 344 g/mol. The average Bonchev–Trinajstić information content (AvgIpc) is 2.59. The van der Waals surface area contributed by atoms with Crippen LogP contribution in [0.2, 0.25) is 5.02 Å². The number of carbonyl (C=O) groups is 3. The largest absolute Gasteiger partial charge is 0.481 e. The molecular formula is C18H17ClN2O4. The number of nitrogens with one attached hydrogen (secondary N) is 2. The van der Waals surface area contributed by atoms with Crippen LogP contribution in [0.4, 0.5) is 5.69 Å². The molecule has 0 aliphatic carbocycles. The van der Waals surface area contributed by atoms with Gasteiger partial charge in [0.05, 0.1) is 11.3 Å². The molecule has 0 bridgehead atoms. The van der Waals surface area contributed by atoms with Crippen LogP contribution in [0.1, 0.15) is 33.6 Å². The van der Waals surface area contributed by atoms with Gasteiger partial charge in [-0.3, -0.25) is 14.4 Å². The fourth-order valence-electron chi connectivity index (χ4n) is 2.15. The van der Waals surface area contributed by atoms with Crippen LogP contribution in [0.25, 0.3) is 0 Å². The molecule has 0 aliphatic rings. The van der Waals surface area contributed by atoms with E-state index in [1.54, 1.807) is 42.5 Å². The number of aliphatic carboxylic acids is 1. The quantitative estimate of drug-likeness (QED) is 0.661. The predicted octanol–water partition coefficient (Wildman–Crippen LogP) is 3.19. The molecule has 0 radical (unpaired) electrons. The molecule has 3 N–H and O–H groups in total. The summed E-state index contributed by atoms with van der Waals surface area (Å²) >= 11 is 5.88. The lowest BCUT2D eigenvalue weighted by molar-refractivity contribution is -0.137. The lowest BCUT2D eigenvalue weighted by Gasteiger charge is -2.11. The predicted molar refractivity (Wildman–Crippen MR) is 95.1 cm³/mol. The molecule has 0 atom stereocenters. The van der Waals surface area contributed by atoms with Crippen LogP contribution in [-0.2, 0) is 4.79 Å². The van der Waals surface area contributed by atoms with Crippen molar-refractivity contribution in [3.63, 3.8) is 0 Å². The third-order valence-corrected chi connectivity index (χ3v) is 3.59. The Morgan fingerprint density at radius 3 is 2.48 bits per heavy atom. The first-order chi connectivity index (χ1) is 12.0. The van der Waals surface area contributed by atoms with Gasteiger partial charge in [0.2, 0.25) is 0 Å². The molecule has 0 spiro atoms. The summed E-state index contributed by atoms with van der Waals surface area (Å²) in [5, 5.41) is 14.4. The SMILES string of the molecule is O=C(O)CCCNC(=O)c1ccccc1NC(=O)c1cccc(Cl)c1. The molecule has 0 saturated carbocycles. The minimum Gasteiger partial charge on any atom is -0.481 e. The third kappa shape index (κ3) is 5.61. The van der Waals surface area contributed by atoms with Gasteiger partial charge in [0.15, 0.2) is 0 Å². The van der Waals surface area contributed by atoms with Gasteiger partial charge in [0.1, 0.15) is 0 Å². The first-order valence-electron chi connectivity index (χ1n) is 7.63. The summed E-state index contributed by atoms with van der Waals surface area (Å²) < 4.78 is 0. The second kappa shape index (κ2) is 8.84. The van der Waals surface area contributed by atoms with Crippen LogP contribution in [0.5, 0.6) is 0 Å². The number of amides is 2. The summed E-state index contributed by atoms with van der Waals surface area (Å²) in [6.45, 7) is 0.238. The summed E-state index contributed by atoms with van der Waals surface area (Å²) in [4.78, 5) is 35.0. The molecule has 25 heavy (non-hydrogen) atoms. The van der Waals surface area contributed by atoms with E-state index in [1.165, 1.54) is 6.07 Å². The van der Waals surface area contributed by atoms with Crippen molar-refractivity contribution in [2.24, 2.45) is 0 Å². The topological polar surface area (TPSA) is 95.5 Å². The summed E-state index contributed by atoms with van der Waals surface area (Å²) in [6.07, 6.45) is 0.311. The highest BCUT2D eigenvalue weighted by Gasteiger charge is 2.14. The van der Waals surface area contributed by atoms with E-state index in [1.807, 2.05) is 0 Å². The van der Waals surface area contributed by atoms with Crippen molar-refractivity contribution in [1.82, 2.24) is 5.32 Å². The minimum absolute atomic E-state index is 0.0204. The van der Waals surface area contributed by atoms with E-state index in [0.717, 1.165) is 0 Å². The number of carboxylic acid groups (broad SMARTS) is 1. The molecule has 2 rings (SSSR count). The zero-order valence-electron chi connectivity index (χ0n) is 13.3. The fraction of sp³-hybridized carbons (Fsp3) is 0.167. The second-order valence-electron chi connectivity index (χ2n) is 5.26. The fourth-order valence-corrected chi connectivity index (χ4v) is 2.34. The average molecular weight is 361 g/mol. The van der Waals surface area contributed by atoms with Crippen molar-refractivity contribution < 1.29 is 19.5 Å². The van der Waals surface area contributed by atoms with E-state index in [9.17, 15) is 14.4 Å². The Balaban J connectivity index is 2.05. The molecule has 0 fully saturated rings. The van der Waals surface area contributed by atoms with Gasteiger partial charge in [-0.1, -0.05) is 29.8 Å². The van der Waals surface area contributed by atoms with Gasteiger partial charge in [-0.2, -0.15) is 0 Å². The number of hydrogen-bond donors (Lipinski definition) is 3. The van der Waals surface area contributed by atoms with E-state index in [4.69, 9.17) is 16.7 Å². The smallest absolute Gasteiger partial charge is 0.303 e. The summed E-state index contributed by atoms with van der Waals surface area (Å²) in [5.41, 5.74) is 1.04. The van der Waals surface area contributed by atoms with Gasteiger partial charge >= 0.3 is 5.97 Å². The van der Waals surface area contributed by atoms with E-state index in [0.29, 0.717) is 28.3 Å². The van der Waals surface area contributed by atoms with Crippen LogP contribution in [0.15, 0.2) is 48.5 Å². The Morgan fingerprint density at radius 1 is 1.00 bits per heavy atom. The number of rotatable bonds is 7. The lowest BCUT2D eigenvalue weighted by Crippen LogP contribution is -2.26. The van der Waals surface area contributed by atoms with Crippen molar-refractivity contribution in [3.05, 3.63) is 64.7 Å². The monoisotopic (exact) mass is 360 g/mol. The summed E-state index contributed by atoms with van der Waals surface area (Å²) in [6, 6.07) is 13.1. The Kier molecular flexibility index (Phi) is 6.54. The Bertz CT molecular complexity index is 792. The molecule has 2 aromatic carbocycles. The molecule has 130 valence electrons. The number of carbonyl (C=O) groups excluding carboxylic acids is 2. The number of hydrogen-bond acceptors (Lipinski definition) is 3. The summed E-state index contributed by atoms with van der Waals surface area (Å²) in [7, 11) is 0. The Hall–Kier alpha value is -2.86. The molecule has 2 aromatic rings. The number of anilines is 1. The maximum Gasteiger partial charge on any atom is 0.303 e. The van der Waals surface area contributed by atoms with Crippen molar-refractivity contribution in [1.29, 1.82) is 0 Å². The van der Waals surface area contributed by atoms with E-state index >= 15 is 0 Å².